The average molecular weight is 324 g/mol. The zero-order valence-corrected chi connectivity index (χ0v) is 12.0. The highest BCUT2D eigenvalue weighted by atomic mass is 79.9. The summed E-state index contributed by atoms with van der Waals surface area (Å²) in [4.78, 5) is 0. The van der Waals surface area contributed by atoms with E-state index in [-0.39, 0.29) is 6.10 Å². The van der Waals surface area contributed by atoms with Crippen LogP contribution in [0.5, 0.6) is 5.75 Å². The van der Waals surface area contributed by atoms with E-state index in [9.17, 15) is 5.11 Å². The van der Waals surface area contributed by atoms with Crippen molar-refractivity contribution in [1.29, 1.82) is 0 Å². The summed E-state index contributed by atoms with van der Waals surface area (Å²) < 4.78 is 8.64. The summed E-state index contributed by atoms with van der Waals surface area (Å²) in [5, 5.41) is 17.3. The van der Waals surface area contributed by atoms with Gasteiger partial charge in [0.1, 0.15) is 17.5 Å². The summed E-state index contributed by atoms with van der Waals surface area (Å²) in [5.41, 5.74) is 1.79. The van der Waals surface area contributed by atoms with Crippen molar-refractivity contribution in [2.24, 2.45) is 0 Å². The Labute approximate surface area is 119 Å². The summed E-state index contributed by atoms with van der Waals surface area (Å²) in [6.07, 6.45) is 2.09. The van der Waals surface area contributed by atoms with Gasteiger partial charge in [-0.05, 0) is 30.7 Å². The van der Waals surface area contributed by atoms with Gasteiger partial charge in [0, 0.05) is 10.9 Å². The predicted octanol–water partition coefficient (Wildman–Crippen LogP) is 2.10. The molecule has 1 aliphatic heterocycles. The molecule has 1 aromatic carbocycles. The van der Waals surface area contributed by atoms with E-state index in [2.05, 4.69) is 32.3 Å². The van der Waals surface area contributed by atoms with E-state index < -0.39 is 6.10 Å². The van der Waals surface area contributed by atoms with Crippen molar-refractivity contribution in [2.45, 2.75) is 32.1 Å². The molecular weight excluding hydrogens is 310 g/mol. The molecule has 1 aromatic heterocycles. The number of aromatic nitrogens is 3. The molecule has 0 bridgehead atoms. The quantitative estimate of drug-likeness (QED) is 0.939. The monoisotopic (exact) mass is 323 g/mol. The van der Waals surface area contributed by atoms with Crippen LogP contribution >= 0.6 is 15.9 Å². The van der Waals surface area contributed by atoms with E-state index in [0.717, 1.165) is 16.6 Å². The molecule has 0 fully saturated rings. The second-order valence-electron chi connectivity index (χ2n) is 4.74. The number of hydrogen-bond donors (Lipinski definition) is 1. The lowest BCUT2D eigenvalue weighted by Crippen LogP contribution is -2.21. The number of halogens is 1. The van der Waals surface area contributed by atoms with Gasteiger partial charge in [-0.2, -0.15) is 0 Å². The van der Waals surface area contributed by atoms with Gasteiger partial charge in [-0.3, -0.25) is 0 Å². The SMILES string of the molecule is CC(O)c1cn(CC2Cc3cc(Br)ccc3O2)nn1. The second-order valence-corrected chi connectivity index (χ2v) is 5.65. The van der Waals surface area contributed by atoms with Crippen LogP contribution in [0.15, 0.2) is 28.9 Å². The first-order chi connectivity index (χ1) is 9.11. The molecule has 3 rings (SSSR count). The number of ether oxygens (including phenoxy) is 1. The van der Waals surface area contributed by atoms with Gasteiger partial charge in [0.15, 0.2) is 0 Å². The maximum Gasteiger partial charge on any atom is 0.123 e. The minimum absolute atomic E-state index is 0.0628. The van der Waals surface area contributed by atoms with Gasteiger partial charge < -0.3 is 9.84 Å². The van der Waals surface area contributed by atoms with Crippen LogP contribution < -0.4 is 4.74 Å². The van der Waals surface area contributed by atoms with Crippen LogP contribution in [-0.4, -0.2) is 26.2 Å². The standard InChI is InChI=1S/C13H14BrN3O2/c1-8(18)12-7-17(16-15-12)6-11-5-9-4-10(14)2-3-13(9)19-11/h2-4,7-8,11,18H,5-6H2,1H3. The zero-order valence-electron chi connectivity index (χ0n) is 10.5. The van der Waals surface area contributed by atoms with Crippen molar-refractivity contribution in [3.05, 3.63) is 40.1 Å². The molecule has 19 heavy (non-hydrogen) atoms. The van der Waals surface area contributed by atoms with E-state index in [1.807, 2.05) is 12.1 Å². The van der Waals surface area contributed by atoms with Crippen molar-refractivity contribution in [3.8, 4) is 5.75 Å². The van der Waals surface area contributed by atoms with E-state index in [4.69, 9.17) is 4.74 Å². The molecule has 5 nitrogen and oxygen atoms in total. The smallest absolute Gasteiger partial charge is 0.123 e. The van der Waals surface area contributed by atoms with Crippen molar-refractivity contribution < 1.29 is 9.84 Å². The molecule has 2 unspecified atom stereocenters. The fraction of sp³-hybridized carbons (Fsp3) is 0.385. The molecule has 0 amide bonds. The van der Waals surface area contributed by atoms with Gasteiger partial charge in [0.05, 0.1) is 18.8 Å². The van der Waals surface area contributed by atoms with Crippen molar-refractivity contribution >= 4 is 15.9 Å². The highest BCUT2D eigenvalue weighted by molar-refractivity contribution is 9.10. The minimum Gasteiger partial charge on any atom is -0.488 e. The van der Waals surface area contributed by atoms with Gasteiger partial charge in [-0.25, -0.2) is 4.68 Å². The lowest BCUT2D eigenvalue weighted by molar-refractivity contribution is 0.193. The number of rotatable bonds is 3. The van der Waals surface area contributed by atoms with Crippen molar-refractivity contribution in [2.75, 3.05) is 0 Å². The molecule has 2 atom stereocenters. The van der Waals surface area contributed by atoms with Crippen LogP contribution in [-0.2, 0) is 13.0 Å². The Hall–Kier alpha value is -1.40. The molecule has 2 aromatic rings. The molecule has 0 saturated carbocycles. The van der Waals surface area contributed by atoms with Crippen LogP contribution in [0.4, 0.5) is 0 Å². The summed E-state index contributed by atoms with van der Waals surface area (Å²) in [6, 6.07) is 6.03. The molecule has 0 radical (unpaired) electrons. The maximum absolute atomic E-state index is 9.42. The largest absolute Gasteiger partial charge is 0.488 e. The first-order valence-electron chi connectivity index (χ1n) is 6.15. The van der Waals surface area contributed by atoms with Gasteiger partial charge >= 0.3 is 0 Å². The normalized spacial score (nSPS) is 19.0. The van der Waals surface area contributed by atoms with Crippen LogP contribution in [0, 0.1) is 0 Å². The third kappa shape index (κ3) is 2.64. The van der Waals surface area contributed by atoms with Crippen LogP contribution in [0.3, 0.4) is 0 Å². The molecule has 6 heteroatoms. The third-order valence-electron chi connectivity index (χ3n) is 3.14. The predicted molar refractivity (Wildman–Crippen MR) is 72.9 cm³/mol. The second kappa shape index (κ2) is 4.94. The Kier molecular flexibility index (Phi) is 3.28. The molecule has 1 aliphatic rings. The number of aliphatic hydroxyl groups excluding tert-OH is 1. The van der Waals surface area contributed by atoms with Gasteiger partial charge in [0.25, 0.3) is 0 Å². The Morgan fingerprint density at radius 3 is 3.16 bits per heavy atom. The minimum atomic E-state index is -0.591. The first-order valence-corrected chi connectivity index (χ1v) is 6.94. The zero-order chi connectivity index (χ0) is 13.4. The molecule has 2 heterocycles. The summed E-state index contributed by atoms with van der Waals surface area (Å²) in [6.45, 7) is 2.31. The summed E-state index contributed by atoms with van der Waals surface area (Å²) in [5.74, 6) is 0.934. The fourth-order valence-electron chi connectivity index (χ4n) is 2.19. The van der Waals surface area contributed by atoms with Gasteiger partial charge in [-0.15, -0.1) is 5.10 Å². The number of benzene rings is 1. The van der Waals surface area contributed by atoms with E-state index in [1.54, 1.807) is 17.8 Å². The Balaban J connectivity index is 1.69. The van der Waals surface area contributed by atoms with Gasteiger partial charge in [0.2, 0.25) is 0 Å². The van der Waals surface area contributed by atoms with Crippen LogP contribution in [0.25, 0.3) is 0 Å². The first kappa shape index (κ1) is 12.6. The van der Waals surface area contributed by atoms with Crippen LogP contribution in [0.2, 0.25) is 0 Å². The molecule has 1 N–H and O–H groups in total. The summed E-state index contributed by atoms with van der Waals surface area (Å²) >= 11 is 3.46. The van der Waals surface area contributed by atoms with E-state index in [1.165, 1.54) is 5.56 Å². The molecule has 0 aliphatic carbocycles. The van der Waals surface area contributed by atoms with E-state index in [0.29, 0.717) is 12.2 Å². The third-order valence-corrected chi connectivity index (χ3v) is 3.63. The molecule has 0 saturated heterocycles. The Morgan fingerprint density at radius 2 is 2.42 bits per heavy atom. The molecular formula is C13H14BrN3O2. The lowest BCUT2D eigenvalue weighted by atomic mass is 10.1. The topological polar surface area (TPSA) is 60.2 Å². The van der Waals surface area contributed by atoms with Crippen molar-refractivity contribution in [1.82, 2.24) is 15.0 Å². The van der Waals surface area contributed by atoms with Crippen molar-refractivity contribution in [3.63, 3.8) is 0 Å². The van der Waals surface area contributed by atoms with E-state index >= 15 is 0 Å². The lowest BCUT2D eigenvalue weighted by Gasteiger charge is -2.09. The average Bonchev–Trinajstić information content (AvgIpc) is 2.95. The fourth-order valence-corrected chi connectivity index (χ4v) is 2.60. The highest BCUT2D eigenvalue weighted by Gasteiger charge is 2.24. The number of nitrogens with zero attached hydrogens (tertiary/aromatic N) is 3. The Bertz CT molecular complexity index is 597. The summed E-state index contributed by atoms with van der Waals surface area (Å²) in [7, 11) is 0. The number of fused-ring (bicyclic) bond motifs is 1. The number of aliphatic hydroxyl groups is 1. The Morgan fingerprint density at radius 1 is 1.58 bits per heavy atom. The number of hydrogen-bond acceptors (Lipinski definition) is 4. The molecule has 0 spiro atoms. The molecule has 100 valence electrons. The highest BCUT2D eigenvalue weighted by Crippen LogP contribution is 2.31. The van der Waals surface area contributed by atoms with Gasteiger partial charge in [-0.1, -0.05) is 21.1 Å². The maximum atomic E-state index is 9.42. The van der Waals surface area contributed by atoms with Crippen LogP contribution in [0.1, 0.15) is 24.3 Å².